The molecule has 0 aliphatic carbocycles. The number of aromatic nitrogens is 3. The van der Waals surface area contributed by atoms with Gasteiger partial charge in [-0.05, 0) is 31.2 Å². The molecule has 0 aliphatic rings. The fourth-order valence-electron chi connectivity index (χ4n) is 1.52. The van der Waals surface area contributed by atoms with E-state index in [1.54, 1.807) is 6.20 Å². The summed E-state index contributed by atoms with van der Waals surface area (Å²) < 4.78 is 1.95. The van der Waals surface area contributed by atoms with E-state index < -0.39 is 0 Å². The molecule has 84 valence electrons. The Labute approximate surface area is 95.3 Å². The summed E-state index contributed by atoms with van der Waals surface area (Å²) in [6, 6.07) is 7.91. The smallest absolute Gasteiger partial charge is 0.0541 e. The van der Waals surface area contributed by atoms with Crippen LogP contribution in [0, 0.1) is 0 Å². The monoisotopic (exact) mass is 216 g/mol. The van der Waals surface area contributed by atoms with Gasteiger partial charge in [0.2, 0.25) is 0 Å². The summed E-state index contributed by atoms with van der Waals surface area (Å²) in [5.74, 6) is 0. The van der Waals surface area contributed by atoms with Gasteiger partial charge in [0.1, 0.15) is 0 Å². The van der Waals surface area contributed by atoms with Gasteiger partial charge in [-0.15, -0.1) is 0 Å². The Morgan fingerprint density at radius 1 is 1.19 bits per heavy atom. The van der Waals surface area contributed by atoms with Crippen molar-refractivity contribution in [3.63, 3.8) is 0 Å². The molecule has 0 spiro atoms. The molecule has 2 rings (SSSR count). The zero-order valence-electron chi connectivity index (χ0n) is 9.21. The Kier molecular flexibility index (Phi) is 4.08. The van der Waals surface area contributed by atoms with E-state index in [-0.39, 0.29) is 0 Å². The molecule has 2 aromatic heterocycles. The molecule has 0 aromatic carbocycles. The number of nitrogens with one attached hydrogen (secondary N) is 1. The number of nitrogens with zero attached hydrogens (tertiary/aromatic N) is 3. The van der Waals surface area contributed by atoms with Crippen LogP contribution in [0.4, 0.5) is 0 Å². The topological polar surface area (TPSA) is 42.7 Å². The van der Waals surface area contributed by atoms with Crippen molar-refractivity contribution < 1.29 is 0 Å². The van der Waals surface area contributed by atoms with E-state index in [0.29, 0.717) is 0 Å². The Hall–Kier alpha value is -1.68. The summed E-state index contributed by atoms with van der Waals surface area (Å²) in [6.07, 6.45) is 6.69. The minimum Gasteiger partial charge on any atom is -0.311 e. The van der Waals surface area contributed by atoms with Crippen molar-refractivity contribution in [1.29, 1.82) is 0 Å². The molecule has 2 heterocycles. The van der Waals surface area contributed by atoms with E-state index >= 15 is 0 Å². The van der Waals surface area contributed by atoms with Gasteiger partial charge in [0.25, 0.3) is 0 Å². The molecule has 0 aliphatic heterocycles. The highest BCUT2D eigenvalue weighted by Gasteiger charge is 1.93. The predicted molar refractivity (Wildman–Crippen MR) is 62.8 cm³/mol. The first-order chi connectivity index (χ1) is 7.95. The highest BCUT2D eigenvalue weighted by atomic mass is 15.3. The average molecular weight is 216 g/mol. The van der Waals surface area contributed by atoms with Gasteiger partial charge in [0, 0.05) is 31.7 Å². The van der Waals surface area contributed by atoms with Crippen LogP contribution < -0.4 is 5.32 Å². The van der Waals surface area contributed by atoms with Gasteiger partial charge in [0.05, 0.1) is 5.69 Å². The Morgan fingerprint density at radius 2 is 2.19 bits per heavy atom. The molecular weight excluding hydrogens is 200 g/mol. The summed E-state index contributed by atoms with van der Waals surface area (Å²) in [6.45, 7) is 2.78. The molecular formula is C12H16N4. The summed E-state index contributed by atoms with van der Waals surface area (Å²) in [7, 11) is 0. The summed E-state index contributed by atoms with van der Waals surface area (Å²) in [5, 5.41) is 7.51. The maximum absolute atomic E-state index is 4.25. The van der Waals surface area contributed by atoms with Crippen molar-refractivity contribution in [1.82, 2.24) is 20.1 Å². The molecule has 16 heavy (non-hydrogen) atoms. The Balaban J connectivity index is 1.59. The largest absolute Gasteiger partial charge is 0.311 e. The number of hydrogen-bond acceptors (Lipinski definition) is 3. The van der Waals surface area contributed by atoms with Gasteiger partial charge >= 0.3 is 0 Å². The first-order valence-electron chi connectivity index (χ1n) is 5.53. The Morgan fingerprint density at radius 3 is 2.94 bits per heavy atom. The number of pyridine rings is 1. The maximum atomic E-state index is 4.25. The lowest BCUT2D eigenvalue weighted by Gasteiger charge is -2.04. The molecule has 0 radical (unpaired) electrons. The first-order valence-corrected chi connectivity index (χ1v) is 5.53. The van der Waals surface area contributed by atoms with E-state index in [4.69, 9.17) is 0 Å². The van der Waals surface area contributed by atoms with Crippen molar-refractivity contribution >= 4 is 0 Å². The van der Waals surface area contributed by atoms with Crippen molar-refractivity contribution in [3.8, 4) is 0 Å². The molecule has 4 heteroatoms. The highest BCUT2D eigenvalue weighted by Crippen LogP contribution is 1.93. The van der Waals surface area contributed by atoms with Gasteiger partial charge in [-0.1, -0.05) is 6.07 Å². The molecule has 2 aromatic rings. The lowest BCUT2D eigenvalue weighted by molar-refractivity contribution is 0.541. The van der Waals surface area contributed by atoms with Crippen molar-refractivity contribution in [2.24, 2.45) is 0 Å². The van der Waals surface area contributed by atoms with Crippen molar-refractivity contribution in [2.75, 3.05) is 6.54 Å². The van der Waals surface area contributed by atoms with Crippen LogP contribution in [-0.2, 0) is 13.1 Å². The van der Waals surface area contributed by atoms with E-state index in [2.05, 4.69) is 15.4 Å². The minimum atomic E-state index is 0.833. The number of hydrogen-bond donors (Lipinski definition) is 1. The minimum absolute atomic E-state index is 0.833. The molecule has 0 unspecified atom stereocenters. The van der Waals surface area contributed by atoms with Crippen molar-refractivity contribution in [2.45, 2.75) is 19.5 Å². The molecule has 4 nitrogen and oxygen atoms in total. The molecule has 0 amide bonds. The Bertz CT molecular complexity index is 383. The maximum Gasteiger partial charge on any atom is 0.0541 e. The van der Waals surface area contributed by atoms with Crippen LogP contribution in [0.3, 0.4) is 0 Å². The molecule has 0 bridgehead atoms. The SMILES string of the molecule is c1ccc(CNCCCn2cccn2)nc1. The first kappa shape index (κ1) is 10.8. The summed E-state index contributed by atoms with van der Waals surface area (Å²) in [4.78, 5) is 4.25. The van der Waals surface area contributed by atoms with E-state index in [9.17, 15) is 0 Å². The highest BCUT2D eigenvalue weighted by molar-refractivity contribution is 5.02. The normalized spacial score (nSPS) is 10.5. The number of aryl methyl sites for hydroxylation is 1. The second-order valence-electron chi connectivity index (χ2n) is 3.62. The number of rotatable bonds is 6. The van der Waals surface area contributed by atoms with Gasteiger partial charge in [-0.3, -0.25) is 9.67 Å². The van der Waals surface area contributed by atoms with Crippen molar-refractivity contribution in [3.05, 3.63) is 48.5 Å². The molecule has 0 atom stereocenters. The lowest BCUT2D eigenvalue weighted by Crippen LogP contribution is -2.17. The van der Waals surface area contributed by atoms with Crippen LogP contribution in [0.5, 0.6) is 0 Å². The van der Waals surface area contributed by atoms with Gasteiger partial charge in [-0.2, -0.15) is 5.10 Å². The fraction of sp³-hybridized carbons (Fsp3) is 0.333. The predicted octanol–water partition coefficient (Wildman–Crippen LogP) is 1.46. The third kappa shape index (κ3) is 3.47. The molecule has 0 fully saturated rings. The third-order valence-corrected chi connectivity index (χ3v) is 2.33. The van der Waals surface area contributed by atoms with Crippen LogP contribution >= 0.6 is 0 Å². The van der Waals surface area contributed by atoms with Gasteiger partial charge < -0.3 is 5.32 Å². The van der Waals surface area contributed by atoms with Crippen LogP contribution in [0.1, 0.15) is 12.1 Å². The van der Waals surface area contributed by atoms with E-state index in [1.165, 1.54) is 0 Å². The quantitative estimate of drug-likeness (QED) is 0.743. The van der Waals surface area contributed by atoms with E-state index in [0.717, 1.165) is 31.7 Å². The third-order valence-electron chi connectivity index (χ3n) is 2.33. The average Bonchev–Trinajstić information content (AvgIpc) is 2.83. The second-order valence-corrected chi connectivity index (χ2v) is 3.62. The molecule has 1 N–H and O–H groups in total. The van der Waals surface area contributed by atoms with E-state index in [1.807, 2.05) is 41.3 Å². The van der Waals surface area contributed by atoms with Gasteiger partial charge in [-0.25, -0.2) is 0 Å². The molecule has 0 saturated carbocycles. The van der Waals surface area contributed by atoms with Crippen LogP contribution in [0.15, 0.2) is 42.9 Å². The fourth-order valence-corrected chi connectivity index (χ4v) is 1.52. The van der Waals surface area contributed by atoms with Crippen LogP contribution in [0.25, 0.3) is 0 Å². The zero-order chi connectivity index (χ0) is 11.1. The van der Waals surface area contributed by atoms with Gasteiger partial charge in [0.15, 0.2) is 0 Å². The second kappa shape index (κ2) is 6.02. The van der Waals surface area contributed by atoms with Crippen LogP contribution in [-0.4, -0.2) is 21.3 Å². The zero-order valence-corrected chi connectivity index (χ0v) is 9.21. The summed E-state index contributed by atoms with van der Waals surface area (Å²) in [5.41, 5.74) is 1.08. The van der Waals surface area contributed by atoms with Crippen LogP contribution in [0.2, 0.25) is 0 Å². The molecule has 0 saturated heterocycles. The lowest BCUT2D eigenvalue weighted by atomic mass is 10.3. The summed E-state index contributed by atoms with van der Waals surface area (Å²) >= 11 is 0. The standard InChI is InChI=1S/C12H16N4/c1-2-7-14-12(5-1)11-13-6-3-9-16-10-4-8-15-16/h1-2,4-5,7-8,10,13H,3,6,9,11H2.